The third-order valence-electron chi connectivity index (χ3n) is 2.53. The third kappa shape index (κ3) is 6.44. The highest BCUT2D eigenvalue weighted by Crippen LogP contribution is 2.04. The standard InChI is InChI=1S/C12H19N3O4/c1-8(3-4-11(16)17)5-14-12(18)15-7-10-13-6-9(2)19-10/h6,8H,3-5,7H2,1-2H3,(H,16,17)(H2,14,15,18). The summed E-state index contributed by atoms with van der Waals surface area (Å²) in [6, 6.07) is -0.321. The molecule has 7 heteroatoms. The Hall–Kier alpha value is -2.05. The summed E-state index contributed by atoms with van der Waals surface area (Å²) in [5.41, 5.74) is 0. The van der Waals surface area contributed by atoms with E-state index in [4.69, 9.17) is 9.52 Å². The van der Waals surface area contributed by atoms with Crippen LogP contribution in [0.25, 0.3) is 0 Å². The molecule has 7 nitrogen and oxygen atoms in total. The van der Waals surface area contributed by atoms with Crippen molar-refractivity contribution in [3.63, 3.8) is 0 Å². The number of hydrogen-bond acceptors (Lipinski definition) is 4. The van der Waals surface area contributed by atoms with Crippen LogP contribution in [-0.2, 0) is 11.3 Å². The molecule has 0 radical (unpaired) electrons. The SMILES string of the molecule is Cc1cnc(CNC(=O)NCC(C)CCC(=O)O)o1. The number of nitrogens with zero attached hydrogens (tertiary/aromatic N) is 1. The van der Waals surface area contributed by atoms with E-state index >= 15 is 0 Å². The van der Waals surface area contributed by atoms with Crippen LogP contribution < -0.4 is 10.6 Å². The number of carbonyl (C=O) groups excluding carboxylic acids is 1. The lowest BCUT2D eigenvalue weighted by atomic mass is 10.1. The Bertz CT molecular complexity index is 430. The van der Waals surface area contributed by atoms with Crippen LogP contribution in [0.5, 0.6) is 0 Å². The number of rotatable bonds is 7. The summed E-state index contributed by atoms with van der Waals surface area (Å²) in [6.45, 7) is 4.33. The van der Waals surface area contributed by atoms with Gasteiger partial charge in [0, 0.05) is 13.0 Å². The number of aromatic nitrogens is 1. The van der Waals surface area contributed by atoms with Crippen LogP contribution in [0.2, 0.25) is 0 Å². The summed E-state index contributed by atoms with van der Waals surface area (Å²) in [7, 11) is 0. The first-order valence-corrected chi connectivity index (χ1v) is 6.12. The summed E-state index contributed by atoms with van der Waals surface area (Å²) in [5, 5.41) is 13.8. The molecular formula is C12H19N3O4. The maximum Gasteiger partial charge on any atom is 0.315 e. The van der Waals surface area contributed by atoms with Gasteiger partial charge in [-0.25, -0.2) is 9.78 Å². The molecule has 0 spiro atoms. The lowest BCUT2D eigenvalue weighted by Crippen LogP contribution is -2.37. The number of carboxylic acid groups (broad SMARTS) is 1. The van der Waals surface area contributed by atoms with Crippen molar-refractivity contribution in [2.24, 2.45) is 5.92 Å². The minimum atomic E-state index is -0.824. The van der Waals surface area contributed by atoms with E-state index in [1.165, 1.54) is 0 Å². The van der Waals surface area contributed by atoms with Gasteiger partial charge >= 0.3 is 12.0 Å². The van der Waals surface area contributed by atoms with E-state index in [1.807, 2.05) is 6.92 Å². The van der Waals surface area contributed by atoms with E-state index in [0.29, 0.717) is 24.6 Å². The average molecular weight is 269 g/mol. The Morgan fingerprint density at radius 3 is 2.79 bits per heavy atom. The van der Waals surface area contributed by atoms with Gasteiger partial charge in [-0.05, 0) is 19.3 Å². The van der Waals surface area contributed by atoms with Gasteiger partial charge in [0.25, 0.3) is 0 Å². The third-order valence-corrected chi connectivity index (χ3v) is 2.53. The smallest absolute Gasteiger partial charge is 0.315 e. The van der Waals surface area contributed by atoms with Crippen molar-refractivity contribution in [1.82, 2.24) is 15.6 Å². The molecule has 0 aliphatic heterocycles. The zero-order valence-corrected chi connectivity index (χ0v) is 11.1. The maximum atomic E-state index is 11.5. The average Bonchev–Trinajstić information content (AvgIpc) is 2.77. The van der Waals surface area contributed by atoms with Crippen molar-refractivity contribution in [2.45, 2.75) is 33.2 Å². The summed E-state index contributed by atoms with van der Waals surface area (Å²) >= 11 is 0. The Balaban J connectivity index is 2.15. The van der Waals surface area contributed by atoms with Gasteiger partial charge in [-0.1, -0.05) is 6.92 Å². The minimum Gasteiger partial charge on any atom is -0.481 e. The first kappa shape index (κ1) is 15.0. The number of aryl methyl sites for hydroxylation is 1. The molecule has 0 aliphatic carbocycles. The molecule has 3 N–H and O–H groups in total. The number of nitrogens with one attached hydrogen (secondary N) is 2. The van der Waals surface area contributed by atoms with Crippen LogP contribution in [0.1, 0.15) is 31.4 Å². The number of oxazole rings is 1. The Labute approximate surface area is 111 Å². The fraction of sp³-hybridized carbons (Fsp3) is 0.583. The predicted molar refractivity (Wildman–Crippen MR) is 67.5 cm³/mol. The second-order valence-corrected chi connectivity index (χ2v) is 4.47. The number of carboxylic acids is 1. The first-order chi connectivity index (χ1) is 8.97. The van der Waals surface area contributed by atoms with Gasteiger partial charge in [-0.2, -0.15) is 0 Å². The van der Waals surface area contributed by atoms with Crippen LogP contribution >= 0.6 is 0 Å². The molecule has 2 amide bonds. The Morgan fingerprint density at radius 2 is 2.21 bits per heavy atom. The van der Waals surface area contributed by atoms with Crippen LogP contribution in [0.15, 0.2) is 10.6 Å². The number of aliphatic carboxylic acids is 1. The molecule has 1 unspecified atom stereocenters. The van der Waals surface area contributed by atoms with Crippen molar-refractivity contribution < 1.29 is 19.1 Å². The number of hydrogen-bond donors (Lipinski definition) is 3. The molecular weight excluding hydrogens is 250 g/mol. The topological polar surface area (TPSA) is 104 Å². The van der Waals surface area contributed by atoms with Gasteiger partial charge in [0.2, 0.25) is 5.89 Å². The summed E-state index contributed by atoms with van der Waals surface area (Å²) in [5.74, 6) is 0.437. The molecule has 0 saturated carbocycles. The largest absolute Gasteiger partial charge is 0.481 e. The van der Waals surface area contributed by atoms with Crippen LogP contribution in [0.3, 0.4) is 0 Å². The molecule has 106 valence electrons. The molecule has 19 heavy (non-hydrogen) atoms. The van der Waals surface area contributed by atoms with Crippen molar-refractivity contribution >= 4 is 12.0 Å². The van der Waals surface area contributed by atoms with Crippen molar-refractivity contribution in [1.29, 1.82) is 0 Å². The lowest BCUT2D eigenvalue weighted by molar-refractivity contribution is -0.137. The first-order valence-electron chi connectivity index (χ1n) is 6.12. The molecule has 1 aromatic heterocycles. The zero-order valence-electron chi connectivity index (χ0n) is 11.1. The summed E-state index contributed by atoms with van der Waals surface area (Å²) < 4.78 is 5.21. The Kier molecular flexibility index (Phi) is 5.84. The molecule has 0 aliphatic rings. The summed E-state index contributed by atoms with van der Waals surface area (Å²) in [6.07, 6.45) is 2.23. The Morgan fingerprint density at radius 1 is 1.47 bits per heavy atom. The normalized spacial score (nSPS) is 11.9. The van der Waals surface area contributed by atoms with Crippen LogP contribution in [0.4, 0.5) is 4.79 Å². The molecule has 1 heterocycles. The van der Waals surface area contributed by atoms with Gasteiger partial charge in [0.1, 0.15) is 5.76 Å². The van der Waals surface area contributed by atoms with E-state index in [0.717, 1.165) is 0 Å². The van der Waals surface area contributed by atoms with Gasteiger partial charge in [-0.15, -0.1) is 0 Å². The lowest BCUT2D eigenvalue weighted by Gasteiger charge is -2.11. The second-order valence-electron chi connectivity index (χ2n) is 4.47. The van der Waals surface area contributed by atoms with E-state index in [1.54, 1.807) is 13.1 Å². The van der Waals surface area contributed by atoms with Crippen molar-refractivity contribution in [3.05, 3.63) is 17.8 Å². The quantitative estimate of drug-likeness (QED) is 0.691. The molecule has 0 fully saturated rings. The van der Waals surface area contributed by atoms with E-state index in [-0.39, 0.29) is 24.9 Å². The maximum absolute atomic E-state index is 11.5. The summed E-state index contributed by atoms with van der Waals surface area (Å²) in [4.78, 5) is 25.8. The van der Waals surface area contributed by atoms with Gasteiger partial charge in [0.15, 0.2) is 0 Å². The monoisotopic (exact) mass is 269 g/mol. The van der Waals surface area contributed by atoms with E-state index in [2.05, 4.69) is 15.6 Å². The van der Waals surface area contributed by atoms with Crippen LogP contribution in [0, 0.1) is 12.8 Å². The van der Waals surface area contributed by atoms with Crippen LogP contribution in [-0.4, -0.2) is 28.6 Å². The minimum absolute atomic E-state index is 0.111. The molecule has 1 aromatic rings. The molecule has 1 rings (SSSR count). The highest BCUT2D eigenvalue weighted by Gasteiger charge is 2.08. The fourth-order valence-electron chi connectivity index (χ4n) is 1.44. The zero-order chi connectivity index (χ0) is 14.3. The van der Waals surface area contributed by atoms with Gasteiger partial charge in [0.05, 0.1) is 12.7 Å². The molecule has 0 saturated heterocycles. The highest BCUT2D eigenvalue weighted by atomic mass is 16.4. The number of urea groups is 1. The predicted octanol–water partition coefficient (Wildman–Crippen LogP) is 1.28. The highest BCUT2D eigenvalue weighted by molar-refractivity contribution is 5.73. The van der Waals surface area contributed by atoms with E-state index in [9.17, 15) is 9.59 Å². The van der Waals surface area contributed by atoms with Crippen molar-refractivity contribution in [3.8, 4) is 0 Å². The van der Waals surface area contributed by atoms with Gasteiger partial charge in [-0.3, -0.25) is 4.79 Å². The molecule has 1 atom stereocenters. The molecule has 0 aromatic carbocycles. The second kappa shape index (κ2) is 7.40. The van der Waals surface area contributed by atoms with Gasteiger partial charge < -0.3 is 20.2 Å². The van der Waals surface area contributed by atoms with E-state index < -0.39 is 5.97 Å². The molecule has 0 bridgehead atoms. The number of amides is 2. The number of carbonyl (C=O) groups is 2. The fourth-order valence-corrected chi connectivity index (χ4v) is 1.44. The van der Waals surface area contributed by atoms with Crippen molar-refractivity contribution in [2.75, 3.05) is 6.54 Å².